The van der Waals surface area contributed by atoms with E-state index in [-0.39, 0.29) is 39.1 Å². The number of anilines is 1. The van der Waals surface area contributed by atoms with Crippen molar-refractivity contribution in [2.75, 3.05) is 25.0 Å². The van der Waals surface area contributed by atoms with Crippen LogP contribution >= 0.6 is 23.5 Å². The van der Waals surface area contributed by atoms with Crippen LogP contribution in [0.1, 0.15) is 91.9 Å². The number of nitrogens with zero attached hydrogens (tertiary/aromatic N) is 5. The molecule has 13 heteroatoms. The molecule has 2 fully saturated rings. The topological polar surface area (TPSA) is 124 Å². The number of amides is 2. The zero-order valence-corrected chi connectivity index (χ0v) is 31.7. The molecule has 5 rings (SSSR count). The minimum Gasteiger partial charge on any atom is -0.476 e. The second-order valence-electron chi connectivity index (χ2n) is 15.9. The maximum Gasteiger partial charge on any atom is 0.410 e. The average Bonchev–Trinajstić information content (AvgIpc) is 3.40. The Morgan fingerprint density at radius 1 is 1.04 bits per heavy atom. The molecule has 1 aliphatic heterocycles. The van der Waals surface area contributed by atoms with E-state index < -0.39 is 5.60 Å². The van der Waals surface area contributed by atoms with Crippen LogP contribution in [0, 0.1) is 22.7 Å². The molecule has 0 spiro atoms. The van der Waals surface area contributed by atoms with Crippen LogP contribution in [0.5, 0.6) is 5.88 Å². The number of carbonyl (C=O) groups is 2. The van der Waals surface area contributed by atoms with Crippen LogP contribution < -0.4 is 14.8 Å². The van der Waals surface area contributed by atoms with Gasteiger partial charge < -0.3 is 19.7 Å². The highest BCUT2D eigenvalue weighted by Crippen LogP contribution is 2.68. The fourth-order valence-electron chi connectivity index (χ4n) is 6.70. The minimum absolute atomic E-state index is 0.0679. The van der Waals surface area contributed by atoms with E-state index in [4.69, 9.17) is 21.1 Å². The van der Waals surface area contributed by atoms with Crippen molar-refractivity contribution < 1.29 is 19.1 Å². The average molecular weight is 712 g/mol. The van der Waals surface area contributed by atoms with Crippen molar-refractivity contribution in [2.45, 2.75) is 97.7 Å². The molecule has 11 nitrogen and oxygen atoms in total. The fraction of sp³-hybridized carbons (Fsp3) is 0.583. The Hall–Kier alpha value is -3.51. The van der Waals surface area contributed by atoms with Crippen LogP contribution in [-0.4, -0.2) is 67.5 Å². The molecule has 1 saturated heterocycles. The molecule has 3 aromatic heterocycles. The quantitative estimate of drug-likeness (QED) is 0.109. The summed E-state index contributed by atoms with van der Waals surface area (Å²) in [6.45, 7) is 21.0. The van der Waals surface area contributed by atoms with Crippen LogP contribution in [-0.2, 0) is 4.74 Å². The third-order valence-corrected chi connectivity index (χ3v) is 11.2. The van der Waals surface area contributed by atoms with E-state index in [1.165, 1.54) is 0 Å². The molecule has 0 bridgehead atoms. The second-order valence-corrected chi connectivity index (χ2v) is 17.0. The van der Waals surface area contributed by atoms with E-state index in [0.717, 1.165) is 43.6 Å². The number of likely N-dealkylation sites (tertiary alicyclic amines) is 1. The van der Waals surface area contributed by atoms with E-state index in [0.29, 0.717) is 41.7 Å². The van der Waals surface area contributed by atoms with Gasteiger partial charge in [-0.2, -0.15) is 0 Å². The highest BCUT2D eigenvalue weighted by molar-refractivity contribution is 7.97. The smallest absolute Gasteiger partial charge is 0.410 e. The number of carbonyl (C=O) groups excluding carboxylic acids is 2. The van der Waals surface area contributed by atoms with Crippen LogP contribution in [0.15, 0.2) is 47.6 Å². The molecule has 1 saturated carbocycles. The molecular weight excluding hydrogens is 662 g/mol. The maximum absolute atomic E-state index is 13.0. The van der Waals surface area contributed by atoms with Crippen molar-refractivity contribution in [3.05, 3.63) is 53.3 Å². The standard InChI is InChI=1S/C36H50ClN7O4S/c1-33(2,3)48-32(46)43-21-23(20-34(43,4)5)12-11-18-38-26-13-10-14-29(39-26)49-42-31(45)24-15-16-27(40-30(24)37)44-19-17-28(41-44)47-22-25-35(6,7)36(25,8)9/h10,13-17,19,23,25H,11-12,18,20-22H2,1-9H3,(H,38,39)(H,42,45). The lowest BCUT2D eigenvalue weighted by atomic mass is 9.93. The summed E-state index contributed by atoms with van der Waals surface area (Å²) in [7, 11) is 0. The molecular formula is C36H50ClN7O4S. The summed E-state index contributed by atoms with van der Waals surface area (Å²) in [5, 5.41) is 8.56. The van der Waals surface area contributed by atoms with Gasteiger partial charge in [-0.05, 0) is 94.9 Å². The molecule has 2 amide bonds. The van der Waals surface area contributed by atoms with Gasteiger partial charge in [-0.1, -0.05) is 45.4 Å². The zero-order chi connectivity index (χ0) is 35.8. The van der Waals surface area contributed by atoms with Gasteiger partial charge in [-0.15, -0.1) is 5.10 Å². The van der Waals surface area contributed by atoms with Crippen molar-refractivity contribution in [1.29, 1.82) is 0 Å². The van der Waals surface area contributed by atoms with Gasteiger partial charge >= 0.3 is 6.09 Å². The molecule has 266 valence electrons. The summed E-state index contributed by atoms with van der Waals surface area (Å²) in [4.78, 5) is 36.6. The van der Waals surface area contributed by atoms with Gasteiger partial charge in [-0.25, -0.2) is 19.4 Å². The van der Waals surface area contributed by atoms with Gasteiger partial charge in [0.15, 0.2) is 5.82 Å². The summed E-state index contributed by atoms with van der Waals surface area (Å²) >= 11 is 7.55. The van der Waals surface area contributed by atoms with E-state index in [2.05, 4.69) is 66.6 Å². The highest BCUT2D eigenvalue weighted by Gasteiger charge is 2.64. The summed E-state index contributed by atoms with van der Waals surface area (Å²) in [6, 6.07) is 10.7. The monoisotopic (exact) mass is 711 g/mol. The molecule has 1 unspecified atom stereocenters. The highest BCUT2D eigenvalue weighted by atomic mass is 35.5. The van der Waals surface area contributed by atoms with Crippen molar-refractivity contribution >= 4 is 41.4 Å². The lowest BCUT2D eigenvalue weighted by Gasteiger charge is -2.33. The number of hydrogen-bond acceptors (Lipinski definition) is 9. The first-order valence-corrected chi connectivity index (χ1v) is 18.1. The van der Waals surface area contributed by atoms with E-state index in [1.54, 1.807) is 29.1 Å². The Bertz CT molecular complexity index is 1650. The normalized spacial score (nSPS) is 19.4. The van der Waals surface area contributed by atoms with Crippen LogP contribution in [0.25, 0.3) is 5.82 Å². The first-order chi connectivity index (χ1) is 22.9. The molecule has 2 aliphatic rings. The number of aromatic nitrogens is 4. The Labute approximate surface area is 299 Å². The van der Waals surface area contributed by atoms with E-state index in [9.17, 15) is 9.59 Å². The Morgan fingerprint density at radius 2 is 1.78 bits per heavy atom. The number of rotatable bonds is 12. The number of pyridine rings is 2. The molecule has 1 atom stereocenters. The summed E-state index contributed by atoms with van der Waals surface area (Å²) in [5.74, 6) is 2.21. The molecule has 49 heavy (non-hydrogen) atoms. The lowest BCUT2D eigenvalue weighted by Crippen LogP contribution is -2.45. The van der Waals surface area contributed by atoms with Crippen LogP contribution in [0.4, 0.5) is 10.6 Å². The summed E-state index contributed by atoms with van der Waals surface area (Å²) in [5.41, 5.74) is -0.0299. The summed E-state index contributed by atoms with van der Waals surface area (Å²) < 4.78 is 16.0. The first kappa shape index (κ1) is 36.8. The van der Waals surface area contributed by atoms with Crippen molar-refractivity contribution in [2.24, 2.45) is 22.7 Å². The third-order valence-electron chi connectivity index (χ3n) is 10.2. The van der Waals surface area contributed by atoms with Crippen LogP contribution in [0.2, 0.25) is 5.15 Å². The lowest BCUT2D eigenvalue weighted by molar-refractivity contribution is 0.0130. The van der Waals surface area contributed by atoms with Crippen molar-refractivity contribution in [3.63, 3.8) is 0 Å². The van der Waals surface area contributed by atoms with E-state index >= 15 is 0 Å². The SMILES string of the molecule is CC(C)(C)OC(=O)N1CC(CCCNc2cccc(SNC(=O)c3ccc(-n4ccc(OCC5C(C)(C)C5(C)C)n4)nc3Cl)n2)CC1(C)C. The Kier molecular flexibility index (Phi) is 10.5. The molecule has 0 aromatic carbocycles. The number of nitrogens with one attached hydrogen (secondary N) is 2. The molecule has 3 aromatic rings. The zero-order valence-electron chi connectivity index (χ0n) is 30.1. The largest absolute Gasteiger partial charge is 0.476 e. The Balaban J connectivity index is 1.06. The summed E-state index contributed by atoms with van der Waals surface area (Å²) in [6.07, 6.45) is 4.38. The predicted molar refractivity (Wildman–Crippen MR) is 193 cm³/mol. The minimum atomic E-state index is -0.513. The third kappa shape index (κ3) is 8.63. The second kappa shape index (κ2) is 14.0. The van der Waals surface area contributed by atoms with Gasteiger partial charge in [0.1, 0.15) is 21.6 Å². The van der Waals surface area contributed by atoms with Gasteiger partial charge in [0.05, 0.1) is 12.2 Å². The number of halogens is 1. The van der Waals surface area contributed by atoms with Gasteiger partial charge in [0, 0.05) is 48.8 Å². The molecule has 4 heterocycles. The number of ether oxygens (including phenoxy) is 2. The fourth-order valence-corrected chi connectivity index (χ4v) is 7.53. The van der Waals surface area contributed by atoms with Crippen LogP contribution in [0.3, 0.4) is 0 Å². The van der Waals surface area contributed by atoms with Crippen molar-refractivity contribution in [1.82, 2.24) is 29.4 Å². The van der Waals surface area contributed by atoms with Gasteiger partial charge in [0.25, 0.3) is 5.91 Å². The van der Waals surface area contributed by atoms with Gasteiger partial charge in [0.2, 0.25) is 5.88 Å². The first-order valence-electron chi connectivity index (χ1n) is 16.9. The van der Waals surface area contributed by atoms with Gasteiger partial charge in [-0.3, -0.25) is 9.52 Å². The Morgan fingerprint density at radius 3 is 2.45 bits per heavy atom. The molecule has 0 radical (unpaired) electrons. The van der Waals surface area contributed by atoms with E-state index in [1.807, 2.05) is 43.9 Å². The maximum atomic E-state index is 13.0. The van der Waals surface area contributed by atoms with Crippen molar-refractivity contribution in [3.8, 4) is 11.7 Å². The molecule has 1 aliphatic carbocycles. The predicted octanol–water partition coefficient (Wildman–Crippen LogP) is 8.04. The number of hydrogen-bond donors (Lipinski definition) is 2. The molecule has 2 N–H and O–H groups in total.